The third-order valence-corrected chi connectivity index (χ3v) is 4.71. The van der Waals surface area contributed by atoms with Gasteiger partial charge >= 0.3 is 0 Å². The number of carbonyl (C=O) groups is 1. The van der Waals surface area contributed by atoms with Gasteiger partial charge in [0.1, 0.15) is 5.82 Å². The molecular weight excluding hydrogens is 264 g/mol. The molecule has 0 saturated carbocycles. The SMILES string of the molecule is CCCN1CCCC[C@@H]1C(=O)N[C@@H]1CCc2nccn2C1. The number of aromatic nitrogens is 2. The fourth-order valence-electron chi connectivity index (χ4n) is 3.62. The average Bonchev–Trinajstić information content (AvgIpc) is 2.95. The second kappa shape index (κ2) is 6.60. The highest BCUT2D eigenvalue weighted by molar-refractivity contribution is 5.82. The van der Waals surface area contributed by atoms with E-state index in [4.69, 9.17) is 0 Å². The van der Waals surface area contributed by atoms with Crippen molar-refractivity contribution in [3.05, 3.63) is 18.2 Å². The minimum atomic E-state index is 0.0860. The summed E-state index contributed by atoms with van der Waals surface area (Å²) in [7, 11) is 0. The van der Waals surface area contributed by atoms with Gasteiger partial charge in [-0.05, 0) is 38.8 Å². The smallest absolute Gasteiger partial charge is 0.237 e. The van der Waals surface area contributed by atoms with Crippen molar-refractivity contribution in [1.82, 2.24) is 19.8 Å². The largest absolute Gasteiger partial charge is 0.350 e. The molecule has 116 valence electrons. The number of likely N-dealkylation sites (tertiary alicyclic amines) is 1. The summed E-state index contributed by atoms with van der Waals surface area (Å²) in [5.41, 5.74) is 0. The number of amides is 1. The molecule has 5 nitrogen and oxygen atoms in total. The quantitative estimate of drug-likeness (QED) is 0.916. The van der Waals surface area contributed by atoms with Gasteiger partial charge in [0.15, 0.2) is 0 Å². The third-order valence-electron chi connectivity index (χ3n) is 4.71. The van der Waals surface area contributed by atoms with Crippen LogP contribution in [-0.2, 0) is 17.8 Å². The molecule has 1 amide bonds. The molecule has 3 heterocycles. The highest BCUT2D eigenvalue weighted by Gasteiger charge is 2.30. The van der Waals surface area contributed by atoms with E-state index in [0.717, 1.165) is 51.1 Å². The van der Waals surface area contributed by atoms with Gasteiger partial charge in [-0.2, -0.15) is 0 Å². The van der Waals surface area contributed by atoms with Crippen LogP contribution in [-0.4, -0.2) is 45.5 Å². The van der Waals surface area contributed by atoms with E-state index in [-0.39, 0.29) is 18.0 Å². The summed E-state index contributed by atoms with van der Waals surface area (Å²) in [6.07, 6.45) is 10.4. The third kappa shape index (κ3) is 3.28. The lowest BCUT2D eigenvalue weighted by molar-refractivity contribution is -0.128. The van der Waals surface area contributed by atoms with Gasteiger partial charge in [0, 0.05) is 31.4 Å². The summed E-state index contributed by atoms with van der Waals surface area (Å²) in [6, 6.07) is 0.340. The van der Waals surface area contributed by atoms with E-state index in [1.807, 2.05) is 12.4 Å². The first kappa shape index (κ1) is 14.6. The number of aryl methyl sites for hydroxylation is 1. The molecule has 1 aromatic heterocycles. The molecule has 1 aromatic rings. The first-order valence-electron chi connectivity index (χ1n) is 8.32. The van der Waals surface area contributed by atoms with Gasteiger partial charge in [-0.3, -0.25) is 9.69 Å². The second-order valence-corrected chi connectivity index (χ2v) is 6.29. The van der Waals surface area contributed by atoms with Crippen LogP contribution in [0.25, 0.3) is 0 Å². The van der Waals surface area contributed by atoms with Crippen LogP contribution in [0.2, 0.25) is 0 Å². The summed E-state index contributed by atoms with van der Waals surface area (Å²) in [4.78, 5) is 19.3. The van der Waals surface area contributed by atoms with Crippen LogP contribution in [0.4, 0.5) is 0 Å². The van der Waals surface area contributed by atoms with Gasteiger partial charge in [-0.25, -0.2) is 4.98 Å². The predicted octanol–water partition coefficient (Wildman–Crippen LogP) is 1.58. The standard InChI is InChI=1S/C16H26N4O/c1-2-9-19-10-4-3-5-14(19)16(21)18-13-6-7-15-17-8-11-20(15)12-13/h8,11,13-14H,2-7,9-10,12H2,1H3,(H,18,21)/t13-,14-/m1/s1. The Labute approximate surface area is 126 Å². The van der Waals surface area contributed by atoms with Crippen LogP contribution in [0.1, 0.15) is 44.9 Å². The van der Waals surface area contributed by atoms with E-state index in [0.29, 0.717) is 0 Å². The first-order chi connectivity index (χ1) is 10.3. The monoisotopic (exact) mass is 290 g/mol. The van der Waals surface area contributed by atoms with E-state index < -0.39 is 0 Å². The summed E-state index contributed by atoms with van der Waals surface area (Å²) >= 11 is 0. The van der Waals surface area contributed by atoms with E-state index >= 15 is 0 Å². The van der Waals surface area contributed by atoms with Crippen molar-refractivity contribution in [3.8, 4) is 0 Å². The van der Waals surface area contributed by atoms with Crippen LogP contribution in [0.5, 0.6) is 0 Å². The molecule has 0 bridgehead atoms. The second-order valence-electron chi connectivity index (χ2n) is 6.29. The average molecular weight is 290 g/mol. The van der Waals surface area contributed by atoms with Gasteiger partial charge < -0.3 is 9.88 Å². The number of fused-ring (bicyclic) bond motifs is 1. The summed E-state index contributed by atoms with van der Waals surface area (Å²) < 4.78 is 2.17. The van der Waals surface area contributed by atoms with Crippen LogP contribution in [0.15, 0.2) is 12.4 Å². The molecule has 0 radical (unpaired) electrons. The van der Waals surface area contributed by atoms with E-state index in [1.165, 1.54) is 12.8 Å². The molecular formula is C16H26N4O. The molecule has 0 spiro atoms. The molecule has 0 unspecified atom stereocenters. The summed E-state index contributed by atoms with van der Waals surface area (Å²) in [6.45, 7) is 5.16. The van der Waals surface area contributed by atoms with Crippen molar-refractivity contribution in [2.24, 2.45) is 0 Å². The van der Waals surface area contributed by atoms with E-state index in [1.54, 1.807) is 0 Å². The molecule has 0 aliphatic carbocycles. The number of rotatable bonds is 4. The number of hydrogen-bond donors (Lipinski definition) is 1. The Bertz CT molecular complexity index is 482. The maximum Gasteiger partial charge on any atom is 0.237 e. The molecule has 2 aliphatic heterocycles. The Morgan fingerprint density at radius 2 is 2.33 bits per heavy atom. The number of nitrogens with one attached hydrogen (secondary N) is 1. The summed E-state index contributed by atoms with van der Waals surface area (Å²) in [5, 5.41) is 3.28. The van der Waals surface area contributed by atoms with Crippen molar-refractivity contribution < 1.29 is 4.79 Å². The van der Waals surface area contributed by atoms with Crippen LogP contribution >= 0.6 is 0 Å². The van der Waals surface area contributed by atoms with Gasteiger partial charge in [-0.15, -0.1) is 0 Å². The molecule has 1 N–H and O–H groups in total. The Balaban J connectivity index is 1.58. The zero-order valence-electron chi connectivity index (χ0n) is 12.9. The van der Waals surface area contributed by atoms with Crippen molar-refractivity contribution in [2.75, 3.05) is 13.1 Å². The number of hydrogen-bond acceptors (Lipinski definition) is 3. The number of carbonyl (C=O) groups excluding carboxylic acids is 1. The first-order valence-corrected chi connectivity index (χ1v) is 8.32. The molecule has 5 heteroatoms. The molecule has 1 saturated heterocycles. The molecule has 2 atom stereocenters. The maximum absolute atomic E-state index is 12.6. The lowest BCUT2D eigenvalue weighted by Crippen LogP contribution is -2.53. The Morgan fingerprint density at radius 3 is 3.19 bits per heavy atom. The number of nitrogens with zero attached hydrogens (tertiary/aromatic N) is 3. The molecule has 2 aliphatic rings. The Morgan fingerprint density at radius 1 is 1.43 bits per heavy atom. The van der Waals surface area contributed by atoms with Crippen molar-refractivity contribution >= 4 is 5.91 Å². The predicted molar refractivity (Wildman–Crippen MR) is 82.0 cm³/mol. The summed E-state index contributed by atoms with van der Waals surface area (Å²) in [5.74, 6) is 1.38. The zero-order chi connectivity index (χ0) is 14.7. The topological polar surface area (TPSA) is 50.2 Å². The number of piperidine rings is 1. The van der Waals surface area contributed by atoms with E-state index in [2.05, 4.69) is 26.7 Å². The Hall–Kier alpha value is -1.36. The molecule has 0 aromatic carbocycles. The molecule has 21 heavy (non-hydrogen) atoms. The fourth-order valence-corrected chi connectivity index (χ4v) is 3.62. The normalized spacial score (nSPS) is 26.3. The minimum absolute atomic E-state index is 0.0860. The lowest BCUT2D eigenvalue weighted by atomic mass is 10.00. The van der Waals surface area contributed by atoms with Crippen molar-refractivity contribution in [2.45, 2.75) is 64.1 Å². The van der Waals surface area contributed by atoms with E-state index in [9.17, 15) is 4.79 Å². The lowest BCUT2D eigenvalue weighted by Gasteiger charge is -2.36. The van der Waals surface area contributed by atoms with Gasteiger partial charge in [0.25, 0.3) is 0 Å². The van der Waals surface area contributed by atoms with Gasteiger partial charge in [0.05, 0.1) is 6.04 Å². The minimum Gasteiger partial charge on any atom is -0.350 e. The van der Waals surface area contributed by atoms with Crippen LogP contribution in [0, 0.1) is 0 Å². The fraction of sp³-hybridized carbons (Fsp3) is 0.750. The maximum atomic E-state index is 12.6. The van der Waals surface area contributed by atoms with Gasteiger partial charge in [0.2, 0.25) is 5.91 Å². The zero-order valence-corrected chi connectivity index (χ0v) is 12.9. The molecule has 1 fully saturated rings. The van der Waals surface area contributed by atoms with Gasteiger partial charge in [-0.1, -0.05) is 13.3 Å². The molecule has 3 rings (SSSR count). The van der Waals surface area contributed by atoms with Crippen molar-refractivity contribution in [3.63, 3.8) is 0 Å². The Kier molecular flexibility index (Phi) is 4.58. The number of imidazole rings is 1. The highest BCUT2D eigenvalue weighted by atomic mass is 16.2. The van der Waals surface area contributed by atoms with Crippen LogP contribution < -0.4 is 5.32 Å². The van der Waals surface area contributed by atoms with Crippen LogP contribution in [0.3, 0.4) is 0 Å². The van der Waals surface area contributed by atoms with Crippen molar-refractivity contribution in [1.29, 1.82) is 0 Å². The highest BCUT2D eigenvalue weighted by Crippen LogP contribution is 2.19.